The van der Waals surface area contributed by atoms with Crippen molar-refractivity contribution in [3.05, 3.63) is 69.8 Å². The first kappa shape index (κ1) is 18.3. The minimum atomic E-state index is -0.439. The van der Waals surface area contributed by atoms with Crippen LogP contribution in [-0.4, -0.2) is 22.0 Å². The molecular weight excluding hydrogens is 420 g/mol. The zero-order chi connectivity index (χ0) is 18.5. The fraction of sp³-hybridized carbons (Fsp3) is 0.118. The molecule has 3 N–H and O–H groups in total. The number of rotatable bonds is 5. The van der Waals surface area contributed by atoms with Crippen molar-refractivity contribution in [3.8, 4) is 0 Å². The molecule has 3 rings (SSSR count). The zero-order valence-electron chi connectivity index (χ0n) is 13.7. The molecule has 0 spiro atoms. The second-order valence-electron chi connectivity index (χ2n) is 5.36. The summed E-state index contributed by atoms with van der Waals surface area (Å²) in [7, 11) is 0. The lowest BCUT2D eigenvalue weighted by Crippen LogP contribution is -2.41. The Balaban J connectivity index is 1.62. The summed E-state index contributed by atoms with van der Waals surface area (Å²) in [5.41, 5.74) is 6.42. The molecule has 2 aromatic heterocycles. The molecule has 9 heteroatoms. The molecule has 0 aliphatic heterocycles. The normalized spacial score (nSPS) is 10.5. The van der Waals surface area contributed by atoms with Gasteiger partial charge in [0.1, 0.15) is 11.5 Å². The number of nitrogens with one attached hydrogen (secondary N) is 3. The summed E-state index contributed by atoms with van der Waals surface area (Å²) in [6.07, 6.45) is 1.63. The van der Waals surface area contributed by atoms with E-state index in [1.54, 1.807) is 24.4 Å². The molecule has 0 radical (unpaired) electrons. The highest BCUT2D eigenvalue weighted by Gasteiger charge is 2.14. The third-order valence-corrected chi connectivity index (χ3v) is 4.91. The molecule has 0 bridgehead atoms. The van der Waals surface area contributed by atoms with E-state index in [-0.39, 0.29) is 0 Å². The standard InChI is InChI=1S/C17H15BrN4O3S/c1-10-6-12(25-22-10)9-26-15-5-3-2-4-13(15)16(23)20-21-17(24)14-7-11(18)8-19-14/h2-8,19H,9H2,1H3,(H,20,23)(H,21,24). The number of aromatic amines is 1. The molecule has 26 heavy (non-hydrogen) atoms. The monoisotopic (exact) mass is 434 g/mol. The molecular formula is C17H15BrN4O3S. The molecule has 0 fully saturated rings. The Morgan fingerprint density at radius 1 is 1.23 bits per heavy atom. The van der Waals surface area contributed by atoms with E-state index in [2.05, 4.69) is 36.9 Å². The van der Waals surface area contributed by atoms with Crippen LogP contribution in [0.2, 0.25) is 0 Å². The van der Waals surface area contributed by atoms with Gasteiger partial charge in [0.15, 0.2) is 0 Å². The molecule has 0 saturated heterocycles. The predicted molar refractivity (Wildman–Crippen MR) is 101 cm³/mol. The van der Waals surface area contributed by atoms with E-state index in [9.17, 15) is 9.59 Å². The topological polar surface area (TPSA) is 100 Å². The first-order chi connectivity index (χ1) is 12.5. The number of aryl methyl sites for hydroxylation is 1. The number of aromatic nitrogens is 2. The molecule has 0 atom stereocenters. The van der Waals surface area contributed by atoms with Crippen LogP contribution in [0.1, 0.15) is 32.3 Å². The number of carbonyl (C=O) groups excluding carboxylic acids is 2. The van der Waals surface area contributed by atoms with E-state index in [0.717, 1.165) is 20.8 Å². The minimum absolute atomic E-state index is 0.334. The fourth-order valence-corrected chi connectivity index (χ4v) is 3.43. The molecule has 2 amide bonds. The van der Waals surface area contributed by atoms with Crippen LogP contribution < -0.4 is 10.9 Å². The van der Waals surface area contributed by atoms with Crippen molar-refractivity contribution in [3.63, 3.8) is 0 Å². The number of benzene rings is 1. The smallest absolute Gasteiger partial charge is 0.286 e. The zero-order valence-corrected chi connectivity index (χ0v) is 16.1. The highest BCUT2D eigenvalue weighted by molar-refractivity contribution is 9.10. The van der Waals surface area contributed by atoms with E-state index in [0.29, 0.717) is 17.0 Å². The quantitative estimate of drug-likeness (QED) is 0.421. The van der Waals surface area contributed by atoms with Gasteiger partial charge in [-0.25, -0.2) is 0 Å². The summed E-state index contributed by atoms with van der Waals surface area (Å²) in [5, 5.41) is 3.84. The third-order valence-electron chi connectivity index (χ3n) is 3.36. The van der Waals surface area contributed by atoms with Crippen LogP contribution in [-0.2, 0) is 5.75 Å². The molecule has 2 heterocycles. The van der Waals surface area contributed by atoms with Crippen LogP contribution in [0.3, 0.4) is 0 Å². The first-order valence-electron chi connectivity index (χ1n) is 7.61. The Labute approximate surface area is 162 Å². The minimum Gasteiger partial charge on any atom is -0.360 e. The number of halogens is 1. The van der Waals surface area contributed by atoms with Gasteiger partial charge in [-0.3, -0.25) is 20.4 Å². The lowest BCUT2D eigenvalue weighted by molar-refractivity contribution is 0.0842. The molecule has 0 aliphatic rings. The Bertz CT molecular complexity index is 937. The Morgan fingerprint density at radius 2 is 2.00 bits per heavy atom. The number of amides is 2. The Kier molecular flexibility index (Phi) is 5.79. The SMILES string of the molecule is Cc1cc(CSc2ccccc2C(=O)NNC(=O)c2cc(Br)c[nH]2)on1. The molecule has 1 aromatic carbocycles. The lowest BCUT2D eigenvalue weighted by atomic mass is 10.2. The van der Waals surface area contributed by atoms with Crippen LogP contribution in [0, 0.1) is 6.92 Å². The fourth-order valence-electron chi connectivity index (χ4n) is 2.16. The molecule has 0 saturated carbocycles. The molecule has 0 aliphatic carbocycles. The third kappa shape index (κ3) is 4.55. The number of nitrogens with zero attached hydrogens (tertiary/aromatic N) is 1. The van der Waals surface area contributed by atoms with Gasteiger partial charge < -0.3 is 9.51 Å². The van der Waals surface area contributed by atoms with Gasteiger partial charge in [-0.1, -0.05) is 17.3 Å². The van der Waals surface area contributed by atoms with Crippen molar-refractivity contribution < 1.29 is 14.1 Å². The van der Waals surface area contributed by atoms with Gasteiger partial charge in [0.05, 0.1) is 17.0 Å². The highest BCUT2D eigenvalue weighted by atomic mass is 79.9. The number of thioether (sulfide) groups is 1. The first-order valence-corrected chi connectivity index (χ1v) is 9.39. The average molecular weight is 435 g/mol. The number of hydrogen-bond acceptors (Lipinski definition) is 5. The summed E-state index contributed by atoms with van der Waals surface area (Å²) in [6.45, 7) is 1.85. The van der Waals surface area contributed by atoms with Crippen molar-refractivity contribution in [2.75, 3.05) is 0 Å². The van der Waals surface area contributed by atoms with Crippen LogP contribution >= 0.6 is 27.7 Å². The largest absolute Gasteiger partial charge is 0.360 e. The van der Waals surface area contributed by atoms with Gasteiger partial charge in [0.25, 0.3) is 11.8 Å². The van der Waals surface area contributed by atoms with E-state index >= 15 is 0 Å². The average Bonchev–Trinajstić information content (AvgIpc) is 3.26. The summed E-state index contributed by atoms with van der Waals surface area (Å²) >= 11 is 4.71. The Hall–Kier alpha value is -2.52. The second kappa shape index (κ2) is 8.24. The van der Waals surface area contributed by atoms with Crippen molar-refractivity contribution in [1.29, 1.82) is 0 Å². The molecule has 0 unspecified atom stereocenters. The van der Waals surface area contributed by atoms with Gasteiger partial charge in [-0.15, -0.1) is 11.8 Å². The number of hydrazine groups is 1. The highest BCUT2D eigenvalue weighted by Crippen LogP contribution is 2.26. The number of H-pyrrole nitrogens is 1. The maximum atomic E-state index is 12.4. The van der Waals surface area contributed by atoms with Gasteiger partial charge in [-0.2, -0.15) is 0 Å². The molecule has 7 nitrogen and oxygen atoms in total. The van der Waals surface area contributed by atoms with Crippen molar-refractivity contribution in [2.45, 2.75) is 17.6 Å². The van der Waals surface area contributed by atoms with Gasteiger partial charge in [-0.05, 0) is 41.1 Å². The van der Waals surface area contributed by atoms with Crippen LogP contribution in [0.25, 0.3) is 0 Å². The van der Waals surface area contributed by atoms with Crippen LogP contribution in [0.4, 0.5) is 0 Å². The second-order valence-corrected chi connectivity index (χ2v) is 7.29. The van der Waals surface area contributed by atoms with Gasteiger partial charge in [0, 0.05) is 21.6 Å². The number of hydrogen-bond donors (Lipinski definition) is 3. The summed E-state index contributed by atoms with van der Waals surface area (Å²) < 4.78 is 5.93. The maximum absolute atomic E-state index is 12.4. The molecule has 3 aromatic rings. The van der Waals surface area contributed by atoms with Crippen LogP contribution in [0.5, 0.6) is 0 Å². The summed E-state index contributed by atoms with van der Waals surface area (Å²) in [6, 6.07) is 10.6. The summed E-state index contributed by atoms with van der Waals surface area (Å²) in [5.74, 6) is 0.439. The van der Waals surface area contributed by atoms with Crippen molar-refractivity contribution in [2.24, 2.45) is 0 Å². The van der Waals surface area contributed by atoms with Gasteiger partial charge >= 0.3 is 0 Å². The predicted octanol–water partition coefficient (Wildman–Crippen LogP) is 3.44. The number of carbonyl (C=O) groups is 2. The Morgan fingerprint density at radius 3 is 2.69 bits per heavy atom. The van der Waals surface area contributed by atoms with Gasteiger partial charge in [0.2, 0.25) is 0 Å². The van der Waals surface area contributed by atoms with Crippen molar-refractivity contribution >= 4 is 39.5 Å². The van der Waals surface area contributed by atoms with E-state index < -0.39 is 11.8 Å². The van der Waals surface area contributed by atoms with E-state index in [4.69, 9.17) is 4.52 Å². The van der Waals surface area contributed by atoms with E-state index in [1.807, 2.05) is 25.1 Å². The van der Waals surface area contributed by atoms with E-state index in [1.165, 1.54) is 11.8 Å². The summed E-state index contributed by atoms with van der Waals surface area (Å²) in [4.78, 5) is 28.0. The molecule has 134 valence electrons. The maximum Gasteiger partial charge on any atom is 0.286 e. The van der Waals surface area contributed by atoms with Crippen LogP contribution in [0.15, 0.2) is 56.5 Å². The lowest BCUT2D eigenvalue weighted by Gasteiger charge is -2.10. The van der Waals surface area contributed by atoms with Crippen molar-refractivity contribution in [1.82, 2.24) is 21.0 Å².